The second-order valence-corrected chi connectivity index (χ2v) is 6.00. The van der Waals surface area contributed by atoms with E-state index in [2.05, 4.69) is 83.1 Å². The Labute approximate surface area is 132 Å². The summed E-state index contributed by atoms with van der Waals surface area (Å²) < 4.78 is 0. The van der Waals surface area contributed by atoms with Gasteiger partial charge < -0.3 is 23.7 Å². The van der Waals surface area contributed by atoms with Crippen molar-refractivity contribution in [1.82, 2.24) is 0 Å². The van der Waals surface area contributed by atoms with E-state index in [4.69, 9.17) is 0 Å². The maximum absolute atomic E-state index is 2.08. The van der Waals surface area contributed by atoms with Crippen LogP contribution in [-0.4, -0.2) is 0 Å². The van der Waals surface area contributed by atoms with Crippen LogP contribution in [0.3, 0.4) is 0 Å². The molecule has 0 N–H and O–H groups in total. The van der Waals surface area contributed by atoms with Gasteiger partial charge in [0.15, 0.2) is 0 Å². The minimum Gasteiger partial charge on any atom is -0.323 e. The molecule has 0 aromatic rings. The molecule has 0 bridgehead atoms. The molecule has 0 unspecified atom stereocenters. The molecular formula is C16H36Zr. The standard InChI is InChI=1S/4C4H9.Zr/c4*1-4(2)3;/h4*1-3H3;/q4*-1;+4. The minimum atomic E-state index is 0. The van der Waals surface area contributed by atoms with E-state index in [1.807, 2.05) is 0 Å². The van der Waals surface area contributed by atoms with Crippen LogP contribution >= 0.6 is 0 Å². The quantitative estimate of drug-likeness (QED) is 0.448. The Hall–Kier alpha value is 0.883. The van der Waals surface area contributed by atoms with Crippen LogP contribution in [0.4, 0.5) is 0 Å². The van der Waals surface area contributed by atoms with Crippen LogP contribution in [0.5, 0.6) is 0 Å². The fourth-order valence-electron chi connectivity index (χ4n) is 0. The second-order valence-electron chi connectivity index (χ2n) is 6.00. The maximum Gasteiger partial charge on any atom is 4.00 e. The number of hydrogen-bond donors (Lipinski definition) is 0. The summed E-state index contributed by atoms with van der Waals surface area (Å²) in [7, 11) is 0. The van der Waals surface area contributed by atoms with Gasteiger partial charge in [0, 0.05) is 0 Å². The van der Waals surface area contributed by atoms with Crippen molar-refractivity contribution in [3.05, 3.63) is 23.7 Å². The molecule has 0 spiro atoms. The molecule has 0 heterocycles. The van der Waals surface area contributed by atoms with E-state index in [-0.39, 0.29) is 26.2 Å². The van der Waals surface area contributed by atoms with Crippen molar-refractivity contribution in [2.75, 3.05) is 0 Å². The first-order chi connectivity index (χ1) is 6.93. The molecule has 1 heteroatoms. The fourth-order valence-corrected chi connectivity index (χ4v) is 0. The van der Waals surface area contributed by atoms with Crippen molar-refractivity contribution in [3.63, 3.8) is 0 Å². The van der Waals surface area contributed by atoms with Gasteiger partial charge >= 0.3 is 26.2 Å². The molecule has 0 aromatic carbocycles. The van der Waals surface area contributed by atoms with Crippen molar-refractivity contribution in [2.45, 2.75) is 83.1 Å². The zero-order chi connectivity index (χ0) is 14.3. The molecule has 0 aliphatic heterocycles. The predicted octanol–water partition coefficient (Wildman–Crippen LogP) is 6.48. The maximum atomic E-state index is 2.08. The Morgan fingerprint density at radius 2 is 0.294 bits per heavy atom. The molecule has 0 rings (SSSR count). The molecule has 0 radical (unpaired) electrons. The molecule has 0 aliphatic carbocycles. The van der Waals surface area contributed by atoms with Gasteiger partial charge in [-0.05, 0) is 0 Å². The van der Waals surface area contributed by atoms with E-state index < -0.39 is 0 Å². The summed E-state index contributed by atoms with van der Waals surface area (Å²) >= 11 is 0. The van der Waals surface area contributed by atoms with Crippen LogP contribution in [0, 0.1) is 23.7 Å². The Balaban J connectivity index is -0.0000000369. The third-order valence-corrected chi connectivity index (χ3v) is 0. The third-order valence-electron chi connectivity index (χ3n) is 0. The average molecular weight is 320 g/mol. The topological polar surface area (TPSA) is 0 Å². The Kier molecular flexibility index (Phi) is 46.4. The average Bonchev–Trinajstić information content (AvgIpc) is 1.76. The van der Waals surface area contributed by atoms with E-state index in [1.54, 1.807) is 0 Å². The largest absolute Gasteiger partial charge is 4.00 e. The fraction of sp³-hybridized carbons (Fsp3) is 0.750. The smallest absolute Gasteiger partial charge is 0.323 e. The molecular weight excluding hydrogens is 283 g/mol. The first-order valence-corrected chi connectivity index (χ1v) is 6.00. The van der Waals surface area contributed by atoms with Crippen molar-refractivity contribution >= 4 is 0 Å². The van der Waals surface area contributed by atoms with Gasteiger partial charge in [0.1, 0.15) is 0 Å². The molecule has 104 valence electrons. The molecule has 0 aromatic heterocycles. The van der Waals surface area contributed by atoms with Gasteiger partial charge in [-0.25, -0.2) is 0 Å². The summed E-state index contributed by atoms with van der Waals surface area (Å²) in [4.78, 5) is 0. The second kappa shape index (κ2) is 25.7. The van der Waals surface area contributed by atoms with Crippen molar-refractivity contribution in [2.24, 2.45) is 0 Å². The molecule has 0 saturated carbocycles. The van der Waals surface area contributed by atoms with Crippen LogP contribution in [0.1, 0.15) is 83.1 Å². The van der Waals surface area contributed by atoms with Crippen molar-refractivity contribution < 1.29 is 26.2 Å². The van der Waals surface area contributed by atoms with Crippen LogP contribution in [0.25, 0.3) is 0 Å². The molecule has 0 aliphatic rings. The zero-order valence-electron chi connectivity index (χ0n) is 14.5. The molecule has 17 heavy (non-hydrogen) atoms. The van der Waals surface area contributed by atoms with Gasteiger partial charge in [-0.2, -0.15) is 83.1 Å². The molecule has 0 atom stereocenters. The third kappa shape index (κ3) is 4800. The van der Waals surface area contributed by atoms with Crippen LogP contribution in [0.15, 0.2) is 0 Å². The van der Waals surface area contributed by atoms with Gasteiger partial charge in [0.25, 0.3) is 0 Å². The van der Waals surface area contributed by atoms with Gasteiger partial charge in [-0.1, -0.05) is 0 Å². The molecule has 0 amide bonds. The van der Waals surface area contributed by atoms with Crippen molar-refractivity contribution in [3.8, 4) is 0 Å². The van der Waals surface area contributed by atoms with Gasteiger partial charge in [-0.15, -0.1) is 0 Å². The molecule has 0 saturated heterocycles. The Morgan fingerprint density at radius 1 is 0.294 bits per heavy atom. The van der Waals surface area contributed by atoms with E-state index in [9.17, 15) is 0 Å². The van der Waals surface area contributed by atoms with E-state index in [0.717, 1.165) is 0 Å². The monoisotopic (exact) mass is 318 g/mol. The predicted molar refractivity (Wildman–Crippen MR) is 81.1 cm³/mol. The Morgan fingerprint density at radius 3 is 0.294 bits per heavy atom. The minimum absolute atomic E-state index is 0. The number of rotatable bonds is 0. The van der Waals surface area contributed by atoms with Crippen molar-refractivity contribution in [1.29, 1.82) is 0 Å². The summed E-state index contributed by atoms with van der Waals surface area (Å²) in [5, 5.41) is 0. The summed E-state index contributed by atoms with van der Waals surface area (Å²) in [6, 6.07) is 0. The summed E-state index contributed by atoms with van der Waals surface area (Å²) in [5.74, 6) is 5.67. The van der Waals surface area contributed by atoms with Crippen LogP contribution < -0.4 is 0 Å². The van der Waals surface area contributed by atoms with Gasteiger partial charge in [0.05, 0.1) is 0 Å². The first-order valence-electron chi connectivity index (χ1n) is 6.00. The summed E-state index contributed by atoms with van der Waals surface area (Å²) in [6.45, 7) is 25.0. The SMILES string of the molecule is C[C-](C)C.C[C-](C)C.C[C-](C)C.C[C-](C)C.[Zr+4]. The number of hydrogen-bond acceptors (Lipinski definition) is 0. The molecule has 0 nitrogen and oxygen atoms in total. The normalized spacial score (nSPS) is 8.47. The van der Waals surface area contributed by atoms with Crippen LogP contribution in [-0.2, 0) is 26.2 Å². The summed E-state index contributed by atoms with van der Waals surface area (Å²) in [6.07, 6.45) is 0. The Bertz CT molecular complexity index is 48.5. The first kappa shape index (κ1) is 30.7. The van der Waals surface area contributed by atoms with Crippen LogP contribution in [0.2, 0.25) is 0 Å². The van der Waals surface area contributed by atoms with Gasteiger partial charge in [-0.3, -0.25) is 0 Å². The van der Waals surface area contributed by atoms with E-state index >= 15 is 0 Å². The zero-order valence-corrected chi connectivity index (χ0v) is 17.0. The van der Waals surface area contributed by atoms with Gasteiger partial charge in [0.2, 0.25) is 0 Å². The summed E-state index contributed by atoms with van der Waals surface area (Å²) in [5.41, 5.74) is 0. The van der Waals surface area contributed by atoms with E-state index in [1.165, 1.54) is 23.7 Å². The van der Waals surface area contributed by atoms with E-state index in [0.29, 0.717) is 0 Å². The molecule has 0 fully saturated rings.